The molecule has 0 amide bonds. The van der Waals surface area contributed by atoms with Gasteiger partial charge in [0, 0.05) is 17.8 Å². The fraction of sp³-hybridized carbons (Fsp3) is 1.00. The van der Waals surface area contributed by atoms with E-state index in [1.165, 1.54) is 76.5 Å². The largest absolute Gasteiger partial charge is 0.313 e. The zero-order valence-electron chi connectivity index (χ0n) is 12.5. The summed E-state index contributed by atoms with van der Waals surface area (Å²) in [5.41, 5.74) is 0. The maximum Gasteiger partial charge on any atom is 0.0172 e. The summed E-state index contributed by atoms with van der Waals surface area (Å²) in [4.78, 5) is 0. The molecule has 18 heavy (non-hydrogen) atoms. The van der Waals surface area contributed by atoms with E-state index in [-0.39, 0.29) is 0 Å². The maximum absolute atomic E-state index is 3.86. The van der Waals surface area contributed by atoms with Crippen molar-refractivity contribution < 1.29 is 0 Å². The lowest BCUT2D eigenvalue weighted by atomic mass is 10.0. The lowest BCUT2D eigenvalue weighted by Crippen LogP contribution is -2.34. The average Bonchev–Trinajstić information content (AvgIpc) is 2.89. The third kappa shape index (κ3) is 7.68. The lowest BCUT2D eigenvalue weighted by molar-refractivity contribution is 0.417. The molecule has 0 aromatic rings. The van der Waals surface area contributed by atoms with Gasteiger partial charge in [-0.05, 0) is 31.4 Å². The van der Waals surface area contributed by atoms with Gasteiger partial charge in [0.15, 0.2) is 0 Å². The SMILES string of the molecule is CCCCCC(CCCCC)NCC1CCCS1. The van der Waals surface area contributed by atoms with E-state index in [0.717, 1.165) is 11.3 Å². The molecule has 0 bridgehead atoms. The van der Waals surface area contributed by atoms with E-state index in [0.29, 0.717) is 0 Å². The lowest BCUT2D eigenvalue weighted by Gasteiger charge is -2.20. The summed E-state index contributed by atoms with van der Waals surface area (Å²) >= 11 is 2.18. The Morgan fingerprint density at radius 3 is 2.22 bits per heavy atom. The topological polar surface area (TPSA) is 12.0 Å². The molecule has 1 unspecified atom stereocenters. The second-order valence-electron chi connectivity index (χ2n) is 5.73. The molecule has 0 spiro atoms. The van der Waals surface area contributed by atoms with E-state index in [4.69, 9.17) is 0 Å². The minimum absolute atomic E-state index is 0.796. The molecule has 1 N–H and O–H groups in total. The Labute approximate surface area is 119 Å². The minimum atomic E-state index is 0.796. The van der Waals surface area contributed by atoms with Gasteiger partial charge in [-0.15, -0.1) is 0 Å². The summed E-state index contributed by atoms with van der Waals surface area (Å²) in [5.74, 6) is 1.39. The summed E-state index contributed by atoms with van der Waals surface area (Å²) in [6, 6.07) is 0.796. The minimum Gasteiger partial charge on any atom is -0.313 e. The summed E-state index contributed by atoms with van der Waals surface area (Å²) in [7, 11) is 0. The van der Waals surface area contributed by atoms with Gasteiger partial charge in [0.25, 0.3) is 0 Å². The normalized spacial score (nSPS) is 19.8. The molecule has 1 aliphatic rings. The fourth-order valence-electron chi connectivity index (χ4n) is 2.73. The molecule has 0 aromatic carbocycles. The van der Waals surface area contributed by atoms with Gasteiger partial charge in [-0.1, -0.05) is 52.4 Å². The van der Waals surface area contributed by atoms with Gasteiger partial charge in [0.2, 0.25) is 0 Å². The predicted molar refractivity (Wildman–Crippen MR) is 85.6 cm³/mol. The van der Waals surface area contributed by atoms with Crippen molar-refractivity contribution in [1.29, 1.82) is 0 Å². The van der Waals surface area contributed by atoms with Gasteiger partial charge in [0.1, 0.15) is 0 Å². The highest BCUT2D eigenvalue weighted by atomic mass is 32.2. The standard InChI is InChI=1S/C16H33NS/c1-3-5-7-10-15(11-8-6-4-2)17-14-16-12-9-13-18-16/h15-17H,3-14H2,1-2H3. The first-order valence-electron chi connectivity index (χ1n) is 8.21. The Hall–Kier alpha value is 0.310. The van der Waals surface area contributed by atoms with E-state index >= 15 is 0 Å². The van der Waals surface area contributed by atoms with Crippen molar-refractivity contribution in [2.75, 3.05) is 12.3 Å². The summed E-state index contributed by atoms with van der Waals surface area (Å²) in [5, 5.41) is 4.77. The highest BCUT2D eigenvalue weighted by Gasteiger charge is 2.17. The van der Waals surface area contributed by atoms with E-state index in [9.17, 15) is 0 Å². The fourth-order valence-corrected chi connectivity index (χ4v) is 3.95. The zero-order valence-corrected chi connectivity index (χ0v) is 13.4. The molecule has 1 heterocycles. The Balaban J connectivity index is 2.14. The Morgan fingerprint density at radius 2 is 1.72 bits per heavy atom. The van der Waals surface area contributed by atoms with Crippen LogP contribution in [-0.4, -0.2) is 23.6 Å². The smallest absolute Gasteiger partial charge is 0.0172 e. The van der Waals surface area contributed by atoms with Crippen molar-refractivity contribution in [3.63, 3.8) is 0 Å². The van der Waals surface area contributed by atoms with E-state index < -0.39 is 0 Å². The van der Waals surface area contributed by atoms with Crippen molar-refractivity contribution >= 4 is 11.8 Å². The monoisotopic (exact) mass is 271 g/mol. The van der Waals surface area contributed by atoms with Crippen LogP contribution in [0.4, 0.5) is 0 Å². The van der Waals surface area contributed by atoms with Gasteiger partial charge in [0.05, 0.1) is 0 Å². The molecule has 2 heteroatoms. The summed E-state index contributed by atoms with van der Waals surface area (Å²) < 4.78 is 0. The van der Waals surface area contributed by atoms with Crippen LogP contribution in [0.1, 0.15) is 78.1 Å². The molecular formula is C16H33NS. The van der Waals surface area contributed by atoms with Crippen molar-refractivity contribution in [2.24, 2.45) is 0 Å². The Kier molecular flexibility index (Phi) is 10.1. The highest BCUT2D eigenvalue weighted by Crippen LogP contribution is 2.25. The quantitative estimate of drug-likeness (QED) is 0.531. The number of unbranched alkanes of at least 4 members (excludes halogenated alkanes) is 4. The van der Waals surface area contributed by atoms with E-state index in [1.807, 2.05) is 0 Å². The Morgan fingerprint density at radius 1 is 1.06 bits per heavy atom. The van der Waals surface area contributed by atoms with Gasteiger partial charge in [-0.25, -0.2) is 0 Å². The number of rotatable bonds is 11. The molecule has 1 nitrogen and oxygen atoms in total. The second kappa shape index (κ2) is 11.2. The molecular weight excluding hydrogens is 238 g/mol. The van der Waals surface area contributed by atoms with Crippen LogP contribution in [-0.2, 0) is 0 Å². The first-order chi connectivity index (χ1) is 8.86. The Bertz CT molecular complexity index is 168. The molecule has 108 valence electrons. The molecule has 0 radical (unpaired) electrons. The van der Waals surface area contributed by atoms with Gasteiger partial charge >= 0.3 is 0 Å². The molecule has 1 atom stereocenters. The second-order valence-corrected chi connectivity index (χ2v) is 7.14. The highest BCUT2D eigenvalue weighted by molar-refractivity contribution is 8.00. The third-order valence-electron chi connectivity index (χ3n) is 3.97. The number of hydrogen-bond acceptors (Lipinski definition) is 2. The van der Waals surface area contributed by atoms with Gasteiger partial charge < -0.3 is 5.32 Å². The molecule has 0 aliphatic carbocycles. The van der Waals surface area contributed by atoms with Crippen molar-refractivity contribution in [2.45, 2.75) is 89.3 Å². The molecule has 1 aliphatic heterocycles. The van der Waals surface area contributed by atoms with Crippen LogP contribution in [0.2, 0.25) is 0 Å². The maximum atomic E-state index is 3.86. The first-order valence-corrected chi connectivity index (χ1v) is 9.26. The average molecular weight is 272 g/mol. The van der Waals surface area contributed by atoms with Crippen LogP contribution < -0.4 is 5.32 Å². The molecule has 1 saturated heterocycles. The summed E-state index contributed by atoms with van der Waals surface area (Å²) in [6.45, 7) is 5.86. The summed E-state index contributed by atoms with van der Waals surface area (Å²) in [6.07, 6.45) is 14.0. The van der Waals surface area contributed by atoms with Crippen LogP contribution in [0, 0.1) is 0 Å². The molecule has 1 rings (SSSR count). The third-order valence-corrected chi connectivity index (χ3v) is 5.37. The van der Waals surface area contributed by atoms with Gasteiger partial charge in [-0.2, -0.15) is 11.8 Å². The van der Waals surface area contributed by atoms with Crippen LogP contribution in [0.5, 0.6) is 0 Å². The number of thioether (sulfide) groups is 1. The molecule has 1 fully saturated rings. The molecule has 0 saturated carbocycles. The number of hydrogen-bond donors (Lipinski definition) is 1. The van der Waals surface area contributed by atoms with Crippen molar-refractivity contribution in [1.82, 2.24) is 5.32 Å². The molecule has 0 aromatic heterocycles. The van der Waals surface area contributed by atoms with Crippen LogP contribution >= 0.6 is 11.8 Å². The first kappa shape index (κ1) is 16.4. The van der Waals surface area contributed by atoms with Crippen molar-refractivity contribution in [3.8, 4) is 0 Å². The number of nitrogens with one attached hydrogen (secondary N) is 1. The zero-order chi connectivity index (χ0) is 13.1. The van der Waals surface area contributed by atoms with Crippen LogP contribution in [0.3, 0.4) is 0 Å². The van der Waals surface area contributed by atoms with Gasteiger partial charge in [-0.3, -0.25) is 0 Å². The van der Waals surface area contributed by atoms with E-state index in [1.54, 1.807) is 0 Å². The van der Waals surface area contributed by atoms with Crippen molar-refractivity contribution in [3.05, 3.63) is 0 Å². The predicted octanol–water partition coefficient (Wildman–Crippen LogP) is 5.00. The van der Waals surface area contributed by atoms with E-state index in [2.05, 4.69) is 30.9 Å². The van der Waals surface area contributed by atoms with Crippen LogP contribution in [0.15, 0.2) is 0 Å². The van der Waals surface area contributed by atoms with Crippen LogP contribution in [0.25, 0.3) is 0 Å².